The number of hydrogen-bond donors (Lipinski definition) is 1. The summed E-state index contributed by atoms with van der Waals surface area (Å²) in [5, 5.41) is 3.55. The van der Waals surface area contributed by atoms with Crippen LogP contribution in [-0.4, -0.2) is 32.1 Å². The summed E-state index contributed by atoms with van der Waals surface area (Å²) in [5.41, 5.74) is 5.37. The van der Waals surface area contributed by atoms with Crippen molar-refractivity contribution in [3.63, 3.8) is 0 Å². The van der Waals surface area contributed by atoms with Crippen molar-refractivity contribution < 1.29 is 9.53 Å². The highest BCUT2D eigenvalue weighted by Gasteiger charge is 2.39. The van der Waals surface area contributed by atoms with Gasteiger partial charge in [0.05, 0.1) is 24.2 Å². The van der Waals surface area contributed by atoms with Gasteiger partial charge < -0.3 is 19.9 Å². The number of fused-ring (bicyclic) bond motifs is 1. The van der Waals surface area contributed by atoms with Crippen molar-refractivity contribution >= 4 is 28.7 Å². The molecule has 2 aromatic carbocycles. The van der Waals surface area contributed by atoms with Crippen LogP contribution in [-0.2, 0) is 4.79 Å². The van der Waals surface area contributed by atoms with Crippen molar-refractivity contribution in [3.8, 4) is 5.75 Å². The first-order valence-electron chi connectivity index (χ1n) is 11.6. The van der Waals surface area contributed by atoms with Gasteiger partial charge in [-0.25, -0.2) is 0 Å². The third kappa shape index (κ3) is 3.98. The Bertz CT molecular complexity index is 950. The van der Waals surface area contributed by atoms with Gasteiger partial charge in [-0.2, -0.15) is 0 Å². The lowest BCUT2D eigenvalue weighted by Gasteiger charge is -2.45. The fourth-order valence-electron chi connectivity index (χ4n) is 5.05. The lowest BCUT2D eigenvalue weighted by molar-refractivity contribution is -0.120. The molecule has 1 aliphatic carbocycles. The zero-order chi connectivity index (χ0) is 22.1. The van der Waals surface area contributed by atoms with Gasteiger partial charge in [0.25, 0.3) is 0 Å². The van der Waals surface area contributed by atoms with E-state index in [9.17, 15) is 4.79 Å². The monoisotopic (exact) mass is 421 g/mol. The van der Waals surface area contributed by atoms with Gasteiger partial charge in [-0.15, -0.1) is 0 Å². The second-order valence-corrected chi connectivity index (χ2v) is 9.11. The van der Waals surface area contributed by atoms with E-state index in [-0.39, 0.29) is 11.9 Å². The summed E-state index contributed by atoms with van der Waals surface area (Å²) in [4.78, 5) is 17.3. The number of hydrogen-bond acceptors (Lipinski definition) is 4. The minimum absolute atomic E-state index is 0.0873. The first-order chi connectivity index (χ1) is 14.9. The smallest absolute Gasteiger partial charge is 0.249 e. The first-order valence-corrected chi connectivity index (χ1v) is 11.6. The van der Waals surface area contributed by atoms with E-state index >= 15 is 0 Å². The van der Waals surface area contributed by atoms with Crippen LogP contribution in [0.15, 0.2) is 36.4 Å². The molecule has 2 aliphatic rings. The van der Waals surface area contributed by atoms with E-state index in [1.54, 1.807) is 7.11 Å². The summed E-state index contributed by atoms with van der Waals surface area (Å²) in [5.74, 6) is 1.49. The van der Waals surface area contributed by atoms with Crippen LogP contribution in [0.1, 0.15) is 64.4 Å². The van der Waals surface area contributed by atoms with Crippen LogP contribution in [0.4, 0.5) is 22.7 Å². The van der Waals surface area contributed by atoms with Crippen molar-refractivity contribution in [2.24, 2.45) is 0 Å². The number of carbonyl (C=O) groups excluding carboxylic acids is 1. The number of likely N-dealkylation sites (N-methyl/N-ethyl adjacent to an activating group) is 1. The highest BCUT2D eigenvalue weighted by molar-refractivity contribution is 6.05. The number of ether oxygens (including phenoxy) is 1. The first kappa shape index (κ1) is 21.5. The summed E-state index contributed by atoms with van der Waals surface area (Å²) in [6.07, 6.45) is 5.63. The molecule has 0 bridgehead atoms. The fourth-order valence-corrected chi connectivity index (χ4v) is 5.05. The average Bonchev–Trinajstić information content (AvgIpc) is 3.30. The Morgan fingerprint density at radius 2 is 1.84 bits per heavy atom. The van der Waals surface area contributed by atoms with Crippen LogP contribution in [0.5, 0.6) is 5.75 Å². The summed E-state index contributed by atoms with van der Waals surface area (Å²) in [6.45, 7) is 6.49. The molecule has 0 saturated heterocycles. The molecule has 2 aromatic rings. The zero-order valence-electron chi connectivity index (χ0n) is 19.4. The molecule has 1 heterocycles. The number of benzene rings is 2. The molecule has 0 unspecified atom stereocenters. The maximum Gasteiger partial charge on any atom is 0.249 e. The lowest BCUT2D eigenvalue weighted by Crippen LogP contribution is -2.55. The van der Waals surface area contributed by atoms with Crippen LogP contribution in [0.3, 0.4) is 0 Å². The molecular formula is C26H35N3O2. The second kappa shape index (κ2) is 8.81. The molecule has 1 saturated carbocycles. The SMILES string of the molecule is CC[C@@H]1C(=O)N(C)c2ccc(Nc3ccc(C(C)C)cc3OC)cc2N1C1CCCC1. The van der Waals surface area contributed by atoms with Gasteiger partial charge in [0.15, 0.2) is 0 Å². The maximum atomic E-state index is 13.1. The average molecular weight is 422 g/mol. The van der Waals surface area contributed by atoms with Crippen LogP contribution in [0.2, 0.25) is 0 Å². The van der Waals surface area contributed by atoms with Gasteiger partial charge >= 0.3 is 0 Å². The minimum Gasteiger partial charge on any atom is -0.495 e. The minimum atomic E-state index is -0.0873. The molecule has 4 rings (SSSR count). The number of nitrogens with one attached hydrogen (secondary N) is 1. The van der Waals surface area contributed by atoms with Crippen molar-refractivity contribution in [2.45, 2.75) is 70.9 Å². The van der Waals surface area contributed by atoms with E-state index in [0.29, 0.717) is 12.0 Å². The van der Waals surface area contributed by atoms with Gasteiger partial charge in [0, 0.05) is 18.8 Å². The van der Waals surface area contributed by atoms with Crippen molar-refractivity contribution in [1.82, 2.24) is 0 Å². The van der Waals surface area contributed by atoms with Gasteiger partial charge in [0.2, 0.25) is 5.91 Å². The number of anilines is 4. The van der Waals surface area contributed by atoms with Crippen LogP contribution < -0.4 is 19.9 Å². The summed E-state index contributed by atoms with van der Waals surface area (Å²) < 4.78 is 5.66. The Kier molecular flexibility index (Phi) is 6.12. The molecule has 31 heavy (non-hydrogen) atoms. The maximum absolute atomic E-state index is 13.1. The molecule has 5 nitrogen and oxygen atoms in total. The van der Waals surface area contributed by atoms with Gasteiger partial charge in [-0.05, 0) is 61.1 Å². The van der Waals surface area contributed by atoms with Crippen molar-refractivity contribution in [3.05, 3.63) is 42.0 Å². The third-order valence-electron chi connectivity index (χ3n) is 6.84. The largest absolute Gasteiger partial charge is 0.495 e. The molecule has 166 valence electrons. The van der Waals surface area contributed by atoms with E-state index < -0.39 is 0 Å². The highest BCUT2D eigenvalue weighted by Crippen LogP contribution is 2.43. The number of methoxy groups -OCH3 is 1. The number of nitrogens with zero attached hydrogens (tertiary/aromatic N) is 2. The Morgan fingerprint density at radius 1 is 1.10 bits per heavy atom. The second-order valence-electron chi connectivity index (χ2n) is 9.11. The predicted octanol–water partition coefficient (Wildman–Crippen LogP) is 6.07. The van der Waals surface area contributed by atoms with Gasteiger partial charge in [-0.3, -0.25) is 4.79 Å². The Balaban J connectivity index is 1.71. The summed E-state index contributed by atoms with van der Waals surface area (Å²) >= 11 is 0. The Labute approximate surface area is 186 Å². The van der Waals surface area contributed by atoms with Crippen LogP contribution in [0.25, 0.3) is 0 Å². The van der Waals surface area contributed by atoms with Crippen LogP contribution >= 0.6 is 0 Å². The lowest BCUT2D eigenvalue weighted by atomic mass is 10.00. The predicted molar refractivity (Wildman–Crippen MR) is 129 cm³/mol. The molecule has 1 aliphatic heterocycles. The molecule has 1 N–H and O–H groups in total. The summed E-state index contributed by atoms with van der Waals surface area (Å²) in [7, 11) is 3.61. The Morgan fingerprint density at radius 3 is 2.48 bits per heavy atom. The molecule has 5 heteroatoms. The third-order valence-corrected chi connectivity index (χ3v) is 6.84. The molecule has 1 amide bonds. The zero-order valence-corrected chi connectivity index (χ0v) is 19.4. The fraction of sp³-hybridized carbons (Fsp3) is 0.500. The van der Waals surface area contributed by atoms with Gasteiger partial charge in [-0.1, -0.05) is 39.7 Å². The molecule has 1 atom stereocenters. The molecule has 0 spiro atoms. The van der Waals surface area contributed by atoms with Crippen molar-refractivity contribution in [1.29, 1.82) is 0 Å². The van der Waals surface area contributed by atoms with E-state index in [2.05, 4.69) is 67.4 Å². The normalized spacial score (nSPS) is 19.2. The molecule has 0 aromatic heterocycles. The van der Waals surface area contributed by atoms with E-state index in [1.807, 2.05) is 11.9 Å². The molecular weight excluding hydrogens is 386 g/mol. The van der Waals surface area contributed by atoms with Crippen molar-refractivity contribution in [2.75, 3.05) is 29.3 Å². The number of carbonyl (C=O) groups is 1. The van der Waals surface area contributed by atoms with E-state index in [0.717, 1.165) is 47.8 Å². The quantitative estimate of drug-likeness (QED) is 0.615. The molecule has 0 radical (unpaired) electrons. The highest BCUT2D eigenvalue weighted by atomic mass is 16.5. The molecule has 1 fully saturated rings. The van der Waals surface area contributed by atoms with Crippen LogP contribution in [0, 0.1) is 0 Å². The Hall–Kier alpha value is -2.69. The van der Waals surface area contributed by atoms with Gasteiger partial charge in [0.1, 0.15) is 11.8 Å². The number of rotatable bonds is 6. The van der Waals surface area contributed by atoms with E-state index in [1.165, 1.54) is 18.4 Å². The standard InChI is InChI=1S/C26H35N3O2/c1-6-22-26(30)28(4)23-14-12-19(16-24(23)29(22)20-9-7-8-10-20)27-21-13-11-18(17(2)3)15-25(21)31-5/h11-17,20,22,27H,6-10H2,1-5H3/t22-/m1/s1. The van der Waals surface area contributed by atoms with E-state index in [4.69, 9.17) is 4.74 Å². The number of amides is 1. The topological polar surface area (TPSA) is 44.8 Å². The summed E-state index contributed by atoms with van der Waals surface area (Å²) in [6, 6.07) is 13.0.